The molecule has 1 aromatic heterocycles. The maximum atomic E-state index is 12.3. The van der Waals surface area contributed by atoms with Crippen molar-refractivity contribution in [3.63, 3.8) is 0 Å². The first-order valence-electron chi connectivity index (χ1n) is 5.88. The van der Waals surface area contributed by atoms with Crippen LogP contribution in [0.25, 0.3) is 0 Å². The molecule has 1 atom stereocenters. The highest BCUT2D eigenvalue weighted by Gasteiger charge is 2.43. The number of aromatic carboxylic acids is 1. The van der Waals surface area contributed by atoms with Crippen molar-refractivity contribution in [1.82, 2.24) is 9.29 Å². The molecule has 1 saturated heterocycles. The van der Waals surface area contributed by atoms with E-state index in [2.05, 4.69) is 4.98 Å². The van der Waals surface area contributed by atoms with Crippen molar-refractivity contribution in [2.24, 2.45) is 11.1 Å². The molecule has 0 saturated carbocycles. The number of aromatic amines is 1. The van der Waals surface area contributed by atoms with Crippen LogP contribution in [0.3, 0.4) is 0 Å². The smallest absolute Gasteiger partial charge is 0.352 e. The van der Waals surface area contributed by atoms with Crippen LogP contribution in [0, 0.1) is 5.41 Å². The van der Waals surface area contributed by atoms with Gasteiger partial charge in [0.05, 0.1) is 5.41 Å². The second-order valence-corrected chi connectivity index (χ2v) is 7.01. The highest BCUT2D eigenvalue weighted by Crippen LogP contribution is 2.33. The largest absolute Gasteiger partial charge is 0.477 e. The molecule has 1 unspecified atom stereocenters. The molecule has 1 aliphatic rings. The Morgan fingerprint density at radius 2 is 2.15 bits per heavy atom. The van der Waals surface area contributed by atoms with Gasteiger partial charge in [-0.25, -0.2) is 13.2 Å². The van der Waals surface area contributed by atoms with Crippen LogP contribution in [-0.2, 0) is 14.8 Å². The Kier molecular flexibility index (Phi) is 3.34. The summed E-state index contributed by atoms with van der Waals surface area (Å²) in [4.78, 5) is 24.3. The number of nitrogens with zero attached hydrogens (tertiary/aromatic N) is 1. The molecule has 2 heterocycles. The summed E-state index contributed by atoms with van der Waals surface area (Å²) in [7, 11) is -3.82. The molecule has 0 bridgehead atoms. The monoisotopic (exact) mass is 301 g/mol. The number of rotatable bonds is 4. The Labute approximate surface area is 115 Å². The maximum absolute atomic E-state index is 12.3. The van der Waals surface area contributed by atoms with E-state index in [4.69, 9.17) is 10.8 Å². The number of carboxylic acids is 1. The first-order valence-corrected chi connectivity index (χ1v) is 7.32. The highest BCUT2D eigenvalue weighted by molar-refractivity contribution is 7.89. The fourth-order valence-corrected chi connectivity index (χ4v) is 3.68. The normalized spacial score (nSPS) is 23.9. The number of nitrogens with one attached hydrogen (secondary N) is 1. The summed E-state index contributed by atoms with van der Waals surface area (Å²) in [5, 5.41) is 8.78. The summed E-state index contributed by atoms with van der Waals surface area (Å²) in [6, 6.07) is 1.05. The van der Waals surface area contributed by atoms with Crippen molar-refractivity contribution in [2.75, 3.05) is 13.1 Å². The van der Waals surface area contributed by atoms with Gasteiger partial charge in [-0.1, -0.05) is 0 Å². The summed E-state index contributed by atoms with van der Waals surface area (Å²) in [6.45, 7) is 1.79. The van der Waals surface area contributed by atoms with Crippen molar-refractivity contribution < 1.29 is 23.1 Å². The van der Waals surface area contributed by atoms with Gasteiger partial charge in [0.15, 0.2) is 0 Å². The Bertz CT molecular complexity index is 665. The van der Waals surface area contributed by atoms with E-state index in [9.17, 15) is 18.0 Å². The lowest BCUT2D eigenvalue weighted by Gasteiger charge is -2.20. The minimum Gasteiger partial charge on any atom is -0.477 e. The van der Waals surface area contributed by atoms with Crippen LogP contribution in [-0.4, -0.2) is 47.8 Å². The van der Waals surface area contributed by atoms with Gasteiger partial charge in [0.25, 0.3) is 0 Å². The van der Waals surface area contributed by atoms with Crippen LogP contribution in [0.15, 0.2) is 17.2 Å². The van der Waals surface area contributed by atoms with Crippen molar-refractivity contribution in [3.05, 3.63) is 18.0 Å². The van der Waals surface area contributed by atoms with Crippen LogP contribution in [0.1, 0.15) is 23.8 Å². The zero-order chi connectivity index (χ0) is 15.1. The van der Waals surface area contributed by atoms with E-state index in [-0.39, 0.29) is 23.7 Å². The summed E-state index contributed by atoms with van der Waals surface area (Å²) in [6.07, 6.45) is 1.47. The van der Waals surface area contributed by atoms with E-state index in [0.29, 0.717) is 6.42 Å². The van der Waals surface area contributed by atoms with Gasteiger partial charge in [0, 0.05) is 19.3 Å². The van der Waals surface area contributed by atoms with Crippen LogP contribution >= 0.6 is 0 Å². The predicted octanol–water partition coefficient (Wildman–Crippen LogP) is -0.401. The fraction of sp³-hybridized carbons (Fsp3) is 0.455. The molecule has 110 valence electrons. The van der Waals surface area contributed by atoms with Crippen molar-refractivity contribution >= 4 is 21.9 Å². The van der Waals surface area contributed by atoms with E-state index in [1.165, 1.54) is 0 Å². The number of hydrogen-bond acceptors (Lipinski definition) is 4. The molecule has 1 aromatic rings. The Morgan fingerprint density at radius 1 is 1.50 bits per heavy atom. The quantitative estimate of drug-likeness (QED) is 0.695. The van der Waals surface area contributed by atoms with Gasteiger partial charge in [0.1, 0.15) is 10.6 Å². The number of aromatic nitrogens is 1. The second-order valence-electron chi connectivity index (χ2n) is 5.07. The lowest BCUT2D eigenvalue weighted by atomic mass is 9.89. The summed E-state index contributed by atoms with van der Waals surface area (Å²) in [5.74, 6) is -1.79. The number of nitrogens with two attached hydrogens (primary N) is 1. The average molecular weight is 301 g/mol. The van der Waals surface area contributed by atoms with E-state index < -0.39 is 27.3 Å². The van der Waals surface area contributed by atoms with Gasteiger partial charge in [0.2, 0.25) is 15.9 Å². The van der Waals surface area contributed by atoms with Gasteiger partial charge >= 0.3 is 5.97 Å². The molecule has 0 aliphatic carbocycles. The topological polar surface area (TPSA) is 134 Å². The van der Waals surface area contributed by atoms with Gasteiger partial charge in [-0.2, -0.15) is 4.31 Å². The summed E-state index contributed by atoms with van der Waals surface area (Å²) >= 11 is 0. The molecular weight excluding hydrogens is 286 g/mol. The molecule has 20 heavy (non-hydrogen) atoms. The summed E-state index contributed by atoms with van der Waals surface area (Å²) < 4.78 is 25.8. The maximum Gasteiger partial charge on any atom is 0.352 e. The molecule has 0 spiro atoms. The number of amides is 1. The number of hydrogen-bond donors (Lipinski definition) is 3. The zero-order valence-corrected chi connectivity index (χ0v) is 11.6. The molecule has 0 aromatic carbocycles. The highest BCUT2D eigenvalue weighted by atomic mass is 32.2. The lowest BCUT2D eigenvalue weighted by Crippen LogP contribution is -2.38. The van der Waals surface area contributed by atoms with Crippen LogP contribution in [0.5, 0.6) is 0 Å². The molecular formula is C11H15N3O5S. The third kappa shape index (κ3) is 2.29. The summed E-state index contributed by atoms with van der Waals surface area (Å²) in [5.41, 5.74) is 4.18. The molecule has 0 radical (unpaired) electrons. The molecule has 1 aliphatic heterocycles. The zero-order valence-electron chi connectivity index (χ0n) is 10.8. The third-order valence-corrected chi connectivity index (χ3v) is 5.38. The van der Waals surface area contributed by atoms with E-state index in [1.807, 2.05) is 0 Å². The minimum atomic E-state index is -3.82. The van der Waals surface area contributed by atoms with Gasteiger partial charge in [-0.3, -0.25) is 4.79 Å². The first-order chi connectivity index (χ1) is 9.17. The number of carbonyl (C=O) groups is 2. The Morgan fingerprint density at radius 3 is 2.60 bits per heavy atom. The standard InChI is InChI=1S/C11H15N3O5S/c1-11(10(12)17)2-3-14(6-11)20(18,19)7-4-8(9(15)16)13-5-7/h4-5,13H,2-3,6H2,1H3,(H2,12,17)(H,15,16). The van der Waals surface area contributed by atoms with Gasteiger partial charge < -0.3 is 15.8 Å². The van der Waals surface area contributed by atoms with E-state index in [1.54, 1.807) is 6.92 Å². The molecule has 4 N–H and O–H groups in total. The van der Waals surface area contributed by atoms with E-state index in [0.717, 1.165) is 16.6 Å². The molecule has 2 rings (SSSR count). The van der Waals surface area contributed by atoms with Crippen molar-refractivity contribution in [2.45, 2.75) is 18.2 Å². The molecule has 1 amide bonds. The third-order valence-electron chi connectivity index (χ3n) is 3.56. The number of primary amides is 1. The Balaban J connectivity index is 2.28. The average Bonchev–Trinajstić information content (AvgIpc) is 2.96. The number of carboxylic acid groups (broad SMARTS) is 1. The molecule has 9 heteroatoms. The van der Waals surface area contributed by atoms with Gasteiger partial charge in [-0.15, -0.1) is 0 Å². The lowest BCUT2D eigenvalue weighted by molar-refractivity contribution is -0.126. The van der Waals surface area contributed by atoms with Crippen LogP contribution in [0.2, 0.25) is 0 Å². The van der Waals surface area contributed by atoms with Crippen LogP contribution in [0.4, 0.5) is 0 Å². The van der Waals surface area contributed by atoms with Crippen LogP contribution < -0.4 is 5.73 Å². The van der Waals surface area contributed by atoms with Gasteiger partial charge in [-0.05, 0) is 19.4 Å². The number of sulfonamides is 1. The van der Waals surface area contributed by atoms with E-state index >= 15 is 0 Å². The van der Waals surface area contributed by atoms with Crippen molar-refractivity contribution in [1.29, 1.82) is 0 Å². The second kappa shape index (κ2) is 4.60. The molecule has 1 fully saturated rings. The Hall–Kier alpha value is -1.87. The predicted molar refractivity (Wildman–Crippen MR) is 68.4 cm³/mol. The fourth-order valence-electron chi connectivity index (χ4n) is 2.12. The van der Waals surface area contributed by atoms with Crippen molar-refractivity contribution in [3.8, 4) is 0 Å². The minimum absolute atomic E-state index is 0.00173. The molecule has 8 nitrogen and oxygen atoms in total. The SMILES string of the molecule is CC1(C(N)=O)CCN(S(=O)(=O)c2c[nH]c(C(=O)O)c2)C1. The first kappa shape index (κ1) is 14.5. The number of carbonyl (C=O) groups excluding carboxylic acids is 1. The number of H-pyrrole nitrogens is 1.